The second kappa shape index (κ2) is 4.94. The molecular weight excluding hydrogens is 224 g/mol. The molecule has 96 valence electrons. The number of hydrogen-bond acceptors (Lipinski definition) is 2. The highest BCUT2D eigenvalue weighted by Gasteiger charge is 2.22. The molecule has 1 aliphatic carbocycles. The van der Waals surface area contributed by atoms with E-state index < -0.39 is 0 Å². The number of nitrogens with one attached hydrogen (secondary N) is 1. The van der Waals surface area contributed by atoms with Gasteiger partial charge in [-0.1, -0.05) is 29.9 Å². The lowest BCUT2D eigenvalue weighted by Gasteiger charge is -2.28. The van der Waals surface area contributed by atoms with E-state index >= 15 is 0 Å². The number of H-pyrrole nitrogens is 1. The van der Waals surface area contributed by atoms with Crippen LogP contribution in [0.15, 0.2) is 40.7 Å². The second-order valence-electron chi connectivity index (χ2n) is 5.19. The van der Waals surface area contributed by atoms with Crippen molar-refractivity contribution < 1.29 is 0 Å². The van der Waals surface area contributed by atoms with Gasteiger partial charge in [0, 0.05) is 23.7 Å². The minimum Gasteiger partial charge on any atom is -0.326 e. The number of pyridine rings is 1. The maximum Gasteiger partial charge on any atom is 0.248 e. The van der Waals surface area contributed by atoms with Crippen molar-refractivity contribution in [3.63, 3.8) is 0 Å². The van der Waals surface area contributed by atoms with Crippen LogP contribution < -0.4 is 11.3 Å². The molecule has 0 radical (unpaired) electrons. The smallest absolute Gasteiger partial charge is 0.248 e. The molecule has 2 rings (SSSR count). The Bertz CT molecular complexity index is 554. The molecule has 3 N–H and O–H groups in total. The zero-order valence-corrected chi connectivity index (χ0v) is 11.0. The fourth-order valence-corrected chi connectivity index (χ4v) is 2.48. The average Bonchev–Trinajstić information content (AvgIpc) is 2.30. The van der Waals surface area contributed by atoms with Crippen LogP contribution >= 0.6 is 0 Å². The largest absolute Gasteiger partial charge is 0.326 e. The molecule has 0 amide bonds. The van der Waals surface area contributed by atoms with Crippen LogP contribution in [-0.2, 0) is 6.42 Å². The maximum atomic E-state index is 11.4. The Hall–Kier alpha value is -1.61. The van der Waals surface area contributed by atoms with Crippen molar-refractivity contribution >= 4 is 0 Å². The first-order valence-corrected chi connectivity index (χ1v) is 6.27. The molecule has 0 fully saturated rings. The summed E-state index contributed by atoms with van der Waals surface area (Å²) in [6.45, 7) is 8.20. The van der Waals surface area contributed by atoms with Gasteiger partial charge in [-0.25, -0.2) is 0 Å². The van der Waals surface area contributed by atoms with Crippen LogP contribution in [0.25, 0.3) is 0 Å². The Morgan fingerprint density at radius 2 is 2.17 bits per heavy atom. The minimum absolute atomic E-state index is 0.0377. The van der Waals surface area contributed by atoms with Crippen molar-refractivity contribution in [3.05, 3.63) is 57.5 Å². The Balaban J connectivity index is 2.28. The van der Waals surface area contributed by atoms with Crippen LogP contribution in [0.3, 0.4) is 0 Å². The van der Waals surface area contributed by atoms with Crippen molar-refractivity contribution in [3.8, 4) is 0 Å². The van der Waals surface area contributed by atoms with Crippen molar-refractivity contribution in [1.29, 1.82) is 0 Å². The van der Waals surface area contributed by atoms with Gasteiger partial charge in [0.1, 0.15) is 0 Å². The van der Waals surface area contributed by atoms with E-state index in [0.717, 1.165) is 29.7 Å². The predicted molar refractivity (Wildman–Crippen MR) is 74.5 cm³/mol. The molecule has 0 saturated carbocycles. The third kappa shape index (κ3) is 2.62. The summed E-state index contributed by atoms with van der Waals surface area (Å²) in [6.07, 6.45) is 3.88. The molecule has 0 bridgehead atoms. The quantitative estimate of drug-likeness (QED) is 0.782. The molecule has 0 aliphatic heterocycles. The molecule has 2 atom stereocenters. The highest BCUT2D eigenvalue weighted by atomic mass is 16.1. The van der Waals surface area contributed by atoms with Gasteiger partial charge in [0.2, 0.25) is 5.56 Å². The van der Waals surface area contributed by atoms with Gasteiger partial charge in [-0.15, -0.1) is 0 Å². The summed E-state index contributed by atoms with van der Waals surface area (Å²) in [5, 5.41) is 0. The molecule has 1 aromatic rings. The van der Waals surface area contributed by atoms with Crippen LogP contribution in [0.5, 0.6) is 0 Å². The summed E-state index contributed by atoms with van der Waals surface area (Å²) in [4.78, 5) is 14.3. The first-order chi connectivity index (χ1) is 8.47. The normalized spacial score (nSPS) is 23.9. The van der Waals surface area contributed by atoms with E-state index in [9.17, 15) is 4.79 Å². The third-order valence-corrected chi connectivity index (χ3v) is 3.64. The Morgan fingerprint density at radius 1 is 1.44 bits per heavy atom. The number of aromatic nitrogens is 1. The molecule has 0 aromatic carbocycles. The molecule has 1 aliphatic rings. The minimum atomic E-state index is -0.0537. The summed E-state index contributed by atoms with van der Waals surface area (Å²) in [7, 11) is 0. The Labute approximate surface area is 107 Å². The molecule has 1 heterocycles. The van der Waals surface area contributed by atoms with E-state index in [-0.39, 0.29) is 17.5 Å². The molecule has 2 unspecified atom stereocenters. The molecule has 0 spiro atoms. The first kappa shape index (κ1) is 12.8. The first-order valence-electron chi connectivity index (χ1n) is 6.27. The van der Waals surface area contributed by atoms with Gasteiger partial charge in [-0.2, -0.15) is 0 Å². The van der Waals surface area contributed by atoms with E-state index in [1.807, 2.05) is 13.0 Å². The van der Waals surface area contributed by atoms with Crippen molar-refractivity contribution in [2.75, 3.05) is 0 Å². The summed E-state index contributed by atoms with van der Waals surface area (Å²) in [5.74, 6) is 0.227. The summed E-state index contributed by atoms with van der Waals surface area (Å²) >= 11 is 0. The number of aryl methyl sites for hydroxylation is 1. The monoisotopic (exact) mass is 244 g/mol. The van der Waals surface area contributed by atoms with Gasteiger partial charge in [0.25, 0.3) is 0 Å². The maximum absolute atomic E-state index is 11.4. The van der Waals surface area contributed by atoms with Gasteiger partial charge in [0.15, 0.2) is 0 Å². The highest BCUT2D eigenvalue weighted by Crippen LogP contribution is 2.28. The van der Waals surface area contributed by atoms with E-state index in [0.29, 0.717) is 0 Å². The highest BCUT2D eigenvalue weighted by molar-refractivity contribution is 5.29. The lowest BCUT2D eigenvalue weighted by atomic mass is 9.81. The molecular formula is C15H20N2O. The van der Waals surface area contributed by atoms with E-state index in [1.54, 1.807) is 6.07 Å². The fraction of sp³-hybridized carbons (Fsp3) is 0.400. The van der Waals surface area contributed by atoms with Crippen LogP contribution in [0.2, 0.25) is 0 Å². The van der Waals surface area contributed by atoms with Gasteiger partial charge in [-0.05, 0) is 32.3 Å². The van der Waals surface area contributed by atoms with Gasteiger partial charge < -0.3 is 10.7 Å². The van der Waals surface area contributed by atoms with E-state index in [1.165, 1.54) is 5.57 Å². The topological polar surface area (TPSA) is 58.9 Å². The molecule has 3 nitrogen and oxygen atoms in total. The number of rotatable bonds is 2. The van der Waals surface area contributed by atoms with Crippen molar-refractivity contribution in [2.24, 2.45) is 11.7 Å². The zero-order chi connectivity index (χ0) is 13.3. The molecule has 3 heteroatoms. The van der Waals surface area contributed by atoms with E-state index in [2.05, 4.69) is 24.6 Å². The lowest BCUT2D eigenvalue weighted by molar-refractivity contribution is 0.594. The number of nitrogens with two attached hydrogens (primary N) is 1. The van der Waals surface area contributed by atoms with Crippen LogP contribution in [0, 0.1) is 12.8 Å². The molecule has 0 saturated heterocycles. The standard InChI is InChI=1S/C15H20N2O/c1-9-6-12(11(3)13(16)7-9)8-14-10(2)4-5-15(18)17-14/h4-6,12-13H,3,7-8,16H2,1-2H3,(H,17,18). The number of aromatic amines is 1. The van der Waals surface area contributed by atoms with Crippen LogP contribution in [0.4, 0.5) is 0 Å². The SMILES string of the molecule is C=C1C(N)CC(C)=CC1Cc1[nH]c(=O)ccc1C. The second-order valence-corrected chi connectivity index (χ2v) is 5.19. The average molecular weight is 244 g/mol. The van der Waals surface area contributed by atoms with Gasteiger partial charge in [-0.3, -0.25) is 4.79 Å². The lowest BCUT2D eigenvalue weighted by Crippen LogP contribution is -2.30. The van der Waals surface area contributed by atoms with Gasteiger partial charge in [0.05, 0.1) is 0 Å². The molecule has 1 aromatic heterocycles. The van der Waals surface area contributed by atoms with Crippen molar-refractivity contribution in [1.82, 2.24) is 4.98 Å². The summed E-state index contributed by atoms with van der Waals surface area (Å²) < 4.78 is 0. The Morgan fingerprint density at radius 3 is 2.89 bits per heavy atom. The van der Waals surface area contributed by atoms with Crippen LogP contribution in [-0.4, -0.2) is 11.0 Å². The third-order valence-electron chi connectivity index (χ3n) is 3.64. The summed E-state index contributed by atoms with van der Waals surface area (Å²) in [6, 6.07) is 3.45. The van der Waals surface area contributed by atoms with Crippen LogP contribution in [0.1, 0.15) is 24.6 Å². The molecule has 18 heavy (non-hydrogen) atoms. The van der Waals surface area contributed by atoms with Crippen molar-refractivity contribution in [2.45, 2.75) is 32.7 Å². The number of allylic oxidation sites excluding steroid dienone is 1. The fourth-order valence-electron chi connectivity index (χ4n) is 2.48. The summed E-state index contributed by atoms with van der Waals surface area (Å²) in [5.41, 5.74) is 10.5. The van der Waals surface area contributed by atoms with Gasteiger partial charge >= 0.3 is 0 Å². The van der Waals surface area contributed by atoms with E-state index in [4.69, 9.17) is 5.73 Å². The zero-order valence-electron chi connectivity index (χ0n) is 11.0. The number of hydrogen-bond donors (Lipinski definition) is 2. The Kier molecular flexibility index (Phi) is 3.53. The predicted octanol–water partition coefficient (Wildman–Crippen LogP) is 2.08.